The van der Waals surface area contributed by atoms with Crippen LogP contribution in [-0.4, -0.2) is 37.2 Å². The summed E-state index contributed by atoms with van der Waals surface area (Å²) < 4.78 is 15.6. The Morgan fingerprint density at radius 2 is 2.00 bits per heavy atom. The van der Waals surface area contributed by atoms with Crippen molar-refractivity contribution in [2.45, 2.75) is 26.3 Å². The maximum atomic E-state index is 12.2. The molecule has 130 valence electrons. The van der Waals surface area contributed by atoms with E-state index in [4.69, 9.17) is 13.9 Å². The highest BCUT2D eigenvalue weighted by Gasteiger charge is 2.32. The molecule has 2 amide bonds. The third-order valence-electron chi connectivity index (χ3n) is 3.27. The molecule has 0 fully saturated rings. The Morgan fingerprint density at radius 1 is 1.25 bits per heavy atom. The van der Waals surface area contributed by atoms with Crippen molar-refractivity contribution in [3.05, 3.63) is 33.8 Å². The molecule has 0 saturated heterocycles. The molecule has 1 atom stereocenters. The Bertz CT molecular complexity index is 681. The van der Waals surface area contributed by atoms with Crippen LogP contribution in [-0.2, 0) is 14.3 Å². The first-order chi connectivity index (χ1) is 11.5. The molecule has 1 aromatic heterocycles. The van der Waals surface area contributed by atoms with Gasteiger partial charge in [-0.15, -0.1) is 0 Å². The zero-order valence-electron chi connectivity index (χ0n) is 13.2. The Kier molecular flexibility index (Phi) is 6.02. The maximum Gasteiger partial charge on any atom is 0.374 e. The number of hydrogen-bond acceptors (Lipinski definition) is 6. The van der Waals surface area contributed by atoms with Gasteiger partial charge in [0.25, 0.3) is 0 Å². The van der Waals surface area contributed by atoms with Crippen molar-refractivity contribution < 1.29 is 28.3 Å². The second kappa shape index (κ2) is 8.00. The van der Waals surface area contributed by atoms with E-state index in [0.717, 1.165) is 0 Å². The van der Waals surface area contributed by atoms with E-state index in [-0.39, 0.29) is 30.2 Å². The standard InChI is InChI=1S/C15H17BrN2O6/c1-3-8-12(14(20)22-4-2)9(18-15(21)17-8)7-23-13(19)10-5-6-11(16)24-10/h5-6,8H,3-4,7H2,1-2H3,(H2,17,18,21)/t8-/m0/s1. The van der Waals surface area contributed by atoms with Crippen LogP contribution in [0, 0.1) is 0 Å². The topological polar surface area (TPSA) is 107 Å². The largest absolute Gasteiger partial charge is 0.463 e. The summed E-state index contributed by atoms with van der Waals surface area (Å²) in [5.74, 6) is -1.27. The number of nitrogens with one attached hydrogen (secondary N) is 2. The lowest BCUT2D eigenvalue weighted by Gasteiger charge is -2.28. The van der Waals surface area contributed by atoms with E-state index in [2.05, 4.69) is 26.6 Å². The minimum absolute atomic E-state index is 0.00691. The molecule has 1 aromatic rings. The zero-order valence-corrected chi connectivity index (χ0v) is 14.8. The number of halogens is 1. The lowest BCUT2D eigenvalue weighted by atomic mass is 10.0. The van der Waals surface area contributed by atoms with Gasteiger partial charge < -0.3 is 24.5 Å². The molecule has 2 heterocycles. The van der Waals surface area contributed by atoms with Gasteiger partial charge in [-0.3, -0.25) is 0 Å². The fraction of sp³-hybridized carbons (Fsp3) is 0.400. The van der Waals surface area contributed by atoms with E-state index in [9.17, 15) is 14.4 Å². The third-order valence-corrected chi connectivity index (χ3v) is 3.70. The van der Waals surface area contributed by atoms with Crippen molar-refractivity contribution in [1.29, 1.82) is 0 Å². The van der Waals surface area contributed by atoms with Gasteiger partial charge >= 0.3 is 18.0 Å². The Hall–Kier alpha value is -2.29. The van der Waals surface area contributed by atoms with Gasteiger partial charge in [-0.2, -0.15) is 0 Å². The first kappa shape index (κ1) is 18.1. The first-order valence-corrected chi connectivity index (χ1v) is 8.15. The van der Waals surface area contributed by atoms with E-state index in [0.29, 0.717) is 11.1 Å². The quantitative estimate of drug-likeness (QED) is 0.708. The minimum Gasteiger partial charge on any atom is -0.463 e. The van der Waals surface area contributed by atoms with Gasteiger partial charge in [0.15, 0.2) is 4.67 Å². The Morgan fingerprint density at radius 3 is 2.58 bits per heavy atom. The number of ether oxygens (including phenoxy) is 2. The molecule has 0 spiro atoms. The van der Waals surface area contributed by atoms with Gasteiger partial charge in [-0.25, -0.2) is 14.4 Å². The second-order valence-electron chi connectivity index (χ2n) is 4.85. The summed E-state index contributed by atoms with van der Waals surface area (Å²) in [5.41, 5.74) is 0.440. The third kappa shape index (κ3) is 4.16. The summed E-state index contributed by atoms with van der Waals surface area (Å²) in [5, 5.41) is 5.13. The highest BCUT2D eigenvalue weighted by Crippen LogP contribution is 2.19. The molecule has 9 heteroatoms. The van der Waals surface area contributed by atoms with E-state index in [1.54, 1.807) is 13.0 Å². The van der Waals surface area contributed by atoms with Crippen molar-refractivity contribution in [1.82, 2.24) is 10.6 Å². The smallest absolute Gasteiger partial charge is 0.374 e. The molecule has 0 bridgehead atoms. The van der Waals surface area contributed by atoms with Gasteiger partial charge in [0.2, 0.25) is 5.76 Å². The van der Waals surface area contributed by atoms with Gasteiger partial charge in [-0.05, 0) is 41.4 Å². The van der Waals surface area contributed by atoms with E-state index >= 15 is 0 Å². The maximum absolute atomic E-state index is 12.2. The molecule has 1 aliphatic heterocycles. The monoisotopic (exact) mass is 400 g/mol. The second-order valence-corrected chi connectivity index (χ2v) is 5.63. The van der Waals surface area contributed by atoms with Crippen LogP contribution >= 0.6 is 15.9 Å². The summed E-state index contributed by atoms with van der Waals surface area (Å²) in [6.45, 7) is 3.41. The molecule has 0 aromatic carbocycles. The predicted octanol–water partition coefficient (Wildman–Crippen LogP) is 2.11. The van der Waals surface area contributed by atoms with Crippen molar-refractivity contribution in [2.24, 2.45) is 0 Å². The molecule has 2 rings (SSSR count). The zero-order chi connectivity index (χ0) is 17.7. The van der Waals surface area contributed by atoms with Crippen LogP contribution in [0.1, 0.15) is 30.8 Å². The molecule has 0 unspecified atom stereocenters. The lowest BCUT2D eigenvalue weighted by Crippen LogP contribution is -2.51. The highest BCUT2D eigenvalue weighted by atomic mass is 79.9. The molecule has 2 N–H and O–H groups in total. The van der Waals surface area contributed by atoms with Crippen molar-refractivity contribution >= 4 is 33.9 Å². The van der Waals surface area contributed by atoms with Crippen LogP contribution in [0.2, 0.25) is 0 Å². The van der Waals surface area contributed by atoms with E-state index in [1.807, 2.05) is 6.92 Å². The number of carbonyl (C=O) groups excluding carboxylic acids is 3. The number of furan rings is 1. The summed E-state index contributed by atoms with van der Waals surface area (Å²) in [6.07, 6.45) is 0.490. The molecular weight excluding hydrogens is 384 g/mol. The molecule has 8 nitrogen and oxygen atoms in total. The summed E-state index contributed by atoms with van der Waals surface area (Å²) in [7, 11) is 0. The highest BCUT2D eigenvalue weighted by molar-refractivity contribution is 9.10. The number of hydrogen-bond donors (Lipinski definition) is 2. The number of urea groups is 1. The molecule has 24 heavy (non-hydrogen) atoms. The first-order valence-electron chi connectivity index (χ1n) is 7.36. The lowest BCUT2D eigenvalue weighted by molar-refractivity contribution is -0.139. The normalized spacial score (nSPS) is 17.1. The van der Waals surface area contributed by atoms with Crippen LogP contribution in [0.25, 0.3) is 0 Å². The molecule has 0 saturated carbocycles. The fourth-order valence-electron chi connectivity index (χ4n) is 2.21. The predicted molar refractivity (Wildman–Crippen MR) is 86.1 cm³/mol. The van der Waals surface area contributed by atoms with Gasteiger partial charge in [-0.1, -0.05) is 6.92 Å². The average molecular weight is 401 g/mol. The van der Waals surface area contributed by atoms with Crippen LogP contribution < -0.4 is 10.6 Å². The van der Waals surface area contributed by atoms with Gasteiger partial charge in [0, 0.05) is 0 Å². The number of rotatable bonds is 6. The van der Waals surface area contributed by atoms with Crippen LogP contribution in [0.3, 0.4) is 0 Å². The Labute approximate surface area is 146 Å². The number of carbonyl (C=O) groups is 3. The van der Waals surface area contributed by atoms with Gasteiger partial charge in [0.1, 0.15) is 6.61 Å². The van der Waals surface area contributed by atoms with Gasteiger partial charge in [0.05, 0.1) is 23.9 Å². The summed E-state index contributed by atoms with van der Waals surface area (Å²) in [6, 6.07) is 2.02. The molecular formula is C15H17BrN2O6. The van der Waals surface area contributed by atoms with E-state index < -0.39 is 24.0 Å². The molecule has 0 aliphatic carbocycles. The van der Waals surface area contributed by atoms with Crippen LogP contribution in [0.15, 0.2) is 32.5 Å². The molecule has 0 radical (unpaired) electrons. The SMILES string of the molecule is CCOC(=O)C1=C(COC(=O)c2ccc(Br)o2)NC(=O)N[C@H]1CC. The van der Waals surface area contributed by atoms with Crippen LogP contribution in [0.4, 0.5) is 4.79 Å². The minimum atomic E-state index is -0.711. The van der Waals surface area contributed by atoms with Crippen molar-refractivity contribution in [2.75, 3.05) is 13.2 Å². The fourth-order valence-corrected chi connectivity index (χ4v) is 2.51. The van der Waals surface area contributed by atoms with Crippen LogP contribution in [0.5, 0.6) is 0 Å². The Balaban J connectivity index is 2.19. The van der Waals surface area contributed by atoms with E-state index in [1.165, 1.54) is 6.07 Å². The number of amides is 2. The van der Waals surface area contributed by atoms with Crippen molar-refractivity contribution in [3.8, 4) is 0 Å². The summed E-state index contributed by atoms with van der Waals surface area (Å²) in [4.78, 5) is 35.8. The van der Waals surface area contributed by atoms with Crippen molar-refractivity contribution in [3.63, 3.8) is 0 Å². The summed E-state index contributed by atoms with van der Waals surface area (Å²) >= 11 is 3.09. The average Bonchev–Trinajstić information content (AvgIpc) is 2.98. The molecule has 1 aliphatic rings. The number of esters is 2.